The second-order valence-corrected chi connectivity index (χ2v) is 9.23. The van der Waals surface area contributed by atoms with E-state index in [1.165, 1.54) is 6.07 Å². The van der Waals surface area contributed by atoms with E-state index in [4.69, 9.17) is 11.6 Å². The molecule has 1 heterocycles. The lowest BCUT2D eigenvalue weighted by atomic mass is 9.72. The summed E-state index contributed by atoms with van der Waals surface area (Å²) in [5, 5.41) is 6.24. The van der Waals surface area contributed by atoms with Crippen LogP contribution in [0.1, 0.15) is 23.6 Å². The van der Waals surface area contributed by atoms with E-state index >= 15 is 0 Å². The largest absolute Gasteiger partial charge is 0.416 e. The minimum Gasteiger partial charge on any atom is -0.326 e. The average molecular weight is 512 g/mol. The number of allylic oxidation sites excluding steroid dienone is 1. The van der Waals surface area contributed by atoms with Gasteiger partial charge in [0, 0.05) is 23.3 Å². The van der Waals surface area contributed by atoms with Gasteiger partial charge in [0.25, 0.3) is 0 Å². The molecular formula is C28H25ClF3N3O. The number of anilines is 1. The fraction of sp³-hybridized carbons (Fsp3) is 0.214. The zero-order chi connectivity index (χ0) is 25.8. The predicted molar refractivity (Wildman–Crippen MR) is 137 cm³/mol. The summed E-state index contributed by atoms with van der Waals surface area (Å²) in [6.45, 7) is 1.93. The highest BCUT2D eigenvalue weighted by atomic mass is 35.5. The molecule has 3 aromatic carbocycles. The molecule has 186 valence electrons. The van der Waals surface area contributed by atoms with Crippen LogP contribution in [-0.4, -0.2) is 18.3 Å². The van der Waals surface area contributed by atoms with Crippen molar-refractivity contribution in [3.05, 3.63) is 113 Å². The number of rotatable bonds is 6. The quantitative estimate of drug-likeness (QED) is 0.359. The van der Waals surface area contributed by atoms with Crippen LogP contribution in [0.5, 0.6) is 0 Å². The number of benzene rings is 3. The molecule has 0 bridgehead atoms. The minimum absolute atomic E-state index is 0.167. The van der Waals surface area contributed by atoms with E-state index in [1.807, 2.05) is 43.3 Å². The van der Waals surface area contributed by atoms with Crippen LogP contribution in [0.4, 0.5) is 23.7 Å². The van der Waals surface area contributed by atoms with Crippen molar-refractivity contribution >= 4 is 29.5 Å². The van der Waals surface area contributed by atoms with E-state index in [-0.39, 0.29) is 12.3 Å². The minimum atomic E-state index is -4.54. The van der Waals surface area contributed by atoms with Gasteiger partial charge in [-0.1, -0.05) is 73.1 Å². The van der Waals surface area contributed by atoms with Crippen molar-refractivity contribution in [2.24, 2.45) is 10.9 Å². The number of halogens is 4. The van der Waals surface area contributed by atoms with Crippen molar-refractivity contribution in [1.82, 2.24) is 5.32 Å². The number of nitrogens with one attached hydrogen (secondary N) is 2. The van der Waals surface area contributed by atoms with Gasteiger partial charge in [0.1, 0.15) is 0 Å². The Kier molecular flexibility index (Phi) is 7.50. The fourth-order valence-corrected chi connectivity index (χ4v) is 4.76. The first-order valence-electron chi connectivity index (χ1n) is 11.4. The molecule has 4 nitrogen and oxygen atoms in total. The molecule has 1 aliphatic heterocycles. The normalized spacial score (nSPS) is 18.9. The molecule has 0 aromatic heterocycles. The second kappa shape index (κ2) is 10.6. The van der Waals surface area contributed by atoms with E-state index in [2.05, 4.69) is 15.6 Å². The third-order valence-corrected chi connectivity index (χ3v) is 6.44. The molecule has 0 radical (unpaired) electrons. The Hall–Kier alpha value is -3.58. The number of carbonyl (C=O) groups excluding carboxylic acids is 1. The highest BCUT2D eigenvalue weighted by Crippen LogP contribution is 2.39. The van der Waals surface area contributed by atoms with E-state index in [1.54, 1.807) is 42.6 Å². The zero-order valence-corrected chi connectivity index (χ0v) is 20.2. The summed E-state index contributed by atoms with van der Waals surface area (Å²) >= 11 is 6.06. The summed E-state index contributed by atoms with van der Waals surface area (Å²) in [4.78, 5) is 18.0. The monoisotopic (exact) mass is 511 g/mol. The molecule has 8 heteroatoms. The Morgan fingerprint density at radius 1 is 0.972 bits per heavy atom. The van der Waals surface area contributed by atoms with Crippen LogP contribution >= 0.6 is 11.6 Å². The Labute approximate surface area is 212 Å². The van der Waals surface area contributed by atoms with E-state index < -0.39 is 29.4 Å². The van der Waals surface area contributed by atoms with Crippen LogP contribution in [0, 0.1) is 5.92 Å². The van der Waals surface area contributed by atoms with Crippen molar-refractivity contribution in [3.8, 4) is 0 Å². The third kappa shape index (κ3) is 5.79. The van der Waals surface area contributed by atoms with Crippen molar-refractivity contribution < 1.29 is 18.0 Å². The molecule has 36 heavy (non-hydrogen) atoms. The molecule has 0 saturated carbocycles. The molecule has 0 saturated heterocycles. The number of alkyl halides is 3. The van der Waals surface area contributed by atoms with E-state index in [0.29, 0.717) is 16.3 Å². The molecule has 3 aromatic rings. The maximum absolute atomic E-state index is 13.7. The van der Waals surface area contributed by atoms with Gasteiger partial charge in [0.2, 0.25) is 0 Å². The Bertz CT molecular complexity index is 1280. The molecule has 4 rings (SSSR count). The van der Waals surface area contributed by atoms with Gasteiger partial charge >= 0.3 is 12.2 Å². The first-order valence-corrected chi connectivity index (χ1v) is 11.8. The maximum Gasteiger partial charge on any atom is 0.416 e. The number of hydrogen-bond donors (Lipinski definition) is 2. The first-order chi connectivity index (χ1) is 17.2. The SMILES string of the molecule is CC1C=CC=NC1C(Cc1ccccc1)(NC(=O)Nc1cccc(Cl)c1)c1cccc(C(F)(F)F)c1. The smallest absolute Gasteiger partial charge is 0.326 e. The molecule has 0 fully saturated rings. The van der Waals surface area contributed by atoms with Gasteiger partial charge in [0.15, 0.2) is 0 Å². The third-order valence-electron chi connectivity index (χ3n) is 6.20. The first kappa shape index (κ1) is 25.5. The summed E-state index contributed by atoms with van der Waals surface area (Å²) in [6.07, 6.45) is 1.03. The highest BCUT2D eigenvalue weighted by Gasteiger charge is 2.45. The standard InChI is InChI=1S/C28H25ClF3N3O/c1-19-8-7-15-33-25(19)27(18-20-9-3-2-4-10-20,21-11-5-12-22(16-21)28(30,31)32)35-26(36)34-24-14-6-13-23(29)17-24/h2-17,19,25H,18H2,1H3,(H2,34,35,36). The molecule has 1 aliphatic rings. The van der Waals surface area contributed by atoms with Gasteiger partial charge in [-0.3, -0.25) is 4.99 Å². The fourth-order valence-electron chi connectivity index (χ4n) is 4.57. The predicted octanol–water partition coefficient (Wildman–Crippen LogP) is 7.26. The van der Waals surface area contributed by atoms with Crippen LogP contribution in [0.2, 0.25) is 5.02 Å². The number of hydrogen-bond acceptors (Lipinski definition) is 2. The lowest BCUT2D eigenvalue weighted by Gasteiger charge is -2.43. The van der Waals surface area contributed by atoms with E-state index in [0.717, 1.165) is 17.7 Å². The van der Waals surface area contributed by atoms with Crippen molar-refractivity contribution in [2.45, 2.75) is 31.1 Å². The Balaban J connectivity index is 1.85. The van der Waals surface area contributed by atoms with Gasteiger partial charge in [-0.15, -0.1) is 0 Å². The van der Waals surface area contributed by atoms with Crippen molar-refractivity contribution in [2.75, 3.05) is 5.32 Å². The summed E-state index contributed by atoms with van der Waals surface area (Å²) in [6, 6.07) is 19.9. The average Bonchev–Trinajstić information content (AvgIpc) is 2.84. The van der Waals surface area contributed by atoms with Gasteiger partial charge in [-0.2, -0.15) is 13.2 Å². The van der Waals surface area contributed by atoms with Crippen LogP contribution in [0.3, 0.4) is 0 Å². The van der Waals surface area contributed by atoms with Gasteiger partial charge in [0.05, 0.1) is 17.1 Å². The van der Waals surface area contributed by atoms with Crippen LogP contribution in [-0.2, 0) is 18.1 Å². The molecular weight excluding hydrogens is 487 g/mol. The lowest BCUT2D eigenvalue weighted by Crippen LogP contribution is -2.58. The zero-order valence-electron chi connectivity index (χ0n) is 19.5. The van der Waals surface area contributed by atoms with Crippen LogP contribution in [0.25, 0.3) is 0 Å². The molecule has 3 atom stereocenters. The maximum atomic E-state index is 13.7. The number of carbonyl (C=O) groups is 1. The number of aliphatic imine (C=N–C) groups is 1. The molecule has 2 amide bonds. The summed E-state index contributed by atoms with van der Waals surface area (Å²) < 4.78 is 41.2. The number of amides is 2. The second-order valence-electron chi connectivity index (χ2n) is 8.79. The number of nitrogens with zero attached hydrogens (tertiary/aromatic N) is 1. The highest BCUT2D eigenvalue weighted by molar-refractivity contribution is 6.30. The summed E-state index contributed by atoms with van der Waals surface area (Å²) in [5.74, 6) is -0.167. The Morgan fingerprint density at radius 2 is 1.69 bits per heavy atom. The van der Waals surface area contributed by atoms with Crippen LogP contribution in [0.15, 0.2) is 96.0 Å². The van der Waals surface area contributed by atoms with Gasteiger partial charge < -0.3 is 10.6 Å². The topological polar surface area (TPSA) is 53.5 Å². The molecule has 3 unspecified atom stereocenters. The van der Waals surface area contributed by atoms with Crippen LogP contribution < -0.4 is 10.6 Å². The number of dihydropyridines is 1. The molecule has 0 aliphatic carbocycles. The van der Waals surface area contributed by atoms with Gasteiger partial charge in [-0.05, 0) is 53.5 Å². The Morgan fingerprint density at radius 3 is 2.39 bits per heavy atom. The lowest BCUT2D eigenvalue weighted by molar-refractivity contribution is -0.137. The van der Waals surface area contributed by atoms with Gasteiger partial charge in [-0.25, -0.2) is 4.79 Å². The van der Waals surface area contributed by atoms with Crippen molar-refractivity contribution in [1.29, 1.82) is 0 Å². The summed E-state index contributed by atoms with van der Waals surface area (Å²) in [7, 11) is 0. The number of urea groups is 1. The molecule has 0 spiro atoms. The molecule has 2 N–H and O–H groups in total. The van der Waals surface area contributed by atoms with E-state index in [9.17, 15) is 18.0 Å². The van der Waals surface area contributed by atoms with Crippen molar-refractivity contribution in [3.63, 3.8) is 0 Å². The summed E-state index contributed by atoms with van der Waals surface area (Å²) in [5.41, 5.74) is -0.483.